The molecule has 1 aliphatic rings. The van der Waals surface area contributed by atoms with Crippen LogP contribution in [0, 0.1) is 0 Å². The topological polar surface area (TPSA) is 29.5 Å². The molecule has 116 valence electrons. The van der Waals surface area contributed by atoms with Crippen LogP contribution >= 0.6 is 11.6 Å². The molecule has 1 aromatic rings. The van der Waals surface area contributed by atoms with Crippen molar-refractivity contribution >= 4 is 17.5 Å². The second kappa shape index (κ2) is 7.17. The fourth-order valence-corrected chi connectivity index (χ4v) is 3.14. The van der Waals surface area contributed by atoms with Crippen LogP contribution in [0.3, 0.4) is 0 Å². The molecule has 1 unspecified atom stereocenters. The van der Waals surface area contributed by atoms with Gasteiger partial charge in [-0.2, -0.15) is 0 Å². The molecule has 0 spiro atoms. The molecule has 2 rings (SSSR count). The van der Waals surface area contributed by atoms with Crippen molar-refractivity contribution in [2.24, 2.45) is 0 Å². The monoisotopic (exact) mass is 309 g/mol. The van der Waals surface area contributed by atoms with E-state index in [2.05, 4.69) is 13.8 Å². The van der Waals surface area contributed by atoms with Gasteiger partial charge in [-0.15, -0.1) is 0 Å². The van der Waals surface area contributed by atoms with Crippen molar-refractivity contribution in [3.05, 3.63) is 29.3 Å². The van der Waals surface area contributed by atoms with Gasteiger partial charge in [0.1, 0.15) is 5.75 Å². The van der Waals surface area contributed by atoms with Crippen LogP contribution in [0.5, 0.6) is 5.75 Å². The van der Waals surface area contributed by atoms with Crippen LogP contribution in [0.1, 0.15) is 46.5 Å². The molecule has 0 bridgehead atoms. The molecule has 1 atom stereocenters. The lowest BCUT2D eigenvalue weighted by Crippen LogP contribution is -2.49. The summed E-state index contributed by atoms with van der Waals surface area (Å²) in [6.07, 6.45) is 4.17. The molecule has 1 amide bonds. The highest BCUT2D eigenvalue weighted by molar-refractivity contribution is 6.30. The number of amides is 1. The van der Waals surface area contributed by atoms with Crippen LogP contribution in [0.2, 0.25) is 5.02 Å². The Kier molecular flexibility index (Phi) is 5.51. The molecular formula is C17H24ClNO2. The first-order valence-electron chi connectivity index (χ1n) is 7.73. The summed E-state index contributed by atoms with van der Waals surface area (Å²) >= 11 is 5.86. The SMILES string of the molecule is CC(Oc1ccc(Cl)cc1)C(=O)N(C(C)C)C1CCCC1. The van der Waals surface area contributed by atoms with Crippen molar-refractivity contribution in [2.75, 3.05) is 0 Å². The molecular weight excluding hydrogens is 286 g/mol. The Morgan fingerprint density at radius 2 is 1.76 bits per heavy atom. The fraction of sp³-hybridized carbons (Fsp3) is 0.588. The Labute approximate surface area is 132 Å². The van der Waals surface area contributed by atoms with E-state index in [0.717, 1.165) is 12.8 Å². The van der Waals surface area contributed by atoms with Gasteiger partial charge >= 0.3 is 0 Å². The van der Waals surface area contributed by atoms with Gasteiger partial charge in [0.2, 0.25) is 0 Å². The summed E-state index contributed by atoms with van der Waals surface area (Å²) in [4.78, 5) is 14.7. The molecule has 0 aromatic heterocycles. The highest BCUT2D eigenvalue weighted by atomic mass is 35.5. The summed E-state index contributed by atoms with van der Waals surface area (Å²) in [6, 6.07) is 7.70. The third kappa shape index (κ3) is 4.13. The van der Waals surface area contributed by atoms with E-state index in [1.807, 2.05) is 11.8 Å². The summed E-state index contributed by atoms with van der Waals surface area (Å²) < 4.78 is 5.77. The Balaban J connectivity index is 2.03. The van der Waals surface area contributed by atoms with Crippen molar-refractivity contribution in [1.82, 2.24) is 4.90 Å². The first kappa shape index (κ1) is 16.2. The number of carbonyl (C=O) groups is 1. The molecule has 21 heavy (non-hydrogen) atoms. The van der Waals surface area contributed by atoms with Crippen LogP contribution in [-0.4, -0.2) is 29.0 Å². The maximum atomic E-state index is 12.7. The van der Waals surface area contributed by atoms with Gasteiger partial charge in [-0.3, -0.25) is 4.79 Å². The van der Waals surface area contributed by atoms with E-state index in [1.165, 1.54) is 12.8 Å². The largest absolute Gasteiger partial charge is 0.481 e. The van der Waals surface area contributed by atoms with Gasteiger partial charge in [0.05, 0.1) is 0 Å². The van der Waals surface area contributed by atoms with Crippen LogP contribution < -0.4 is 4.74 Å². The van der Waals surface area contributed by atoms with E-state index in [4.69, 9.17) is 16.3 Å². The van der Waals surface area contributed by atoms with Gasteiger partial charge in [0, 0.05) is 17.1 Å². The first-order chi connectivity index (χ1) is 9.99. The predicted molar refractivity (Wildman–Crippen MR) is 85.8 cm³/mol. The van der Waals surface area contributed by atoms with Crippen molar-refractivity contribution in [3.8, 4) is 5.75 Å². The maximum Gasteiger partial charge on any atom is 0.263 e. The molecule has 1 aromatic carbocycles. The summed E-state index contributed by atoms with van der Waals surface area (Å²) in [7, 11) is 0. The molecule has 0 saturated heterocycles. The smallest absolute Gasteiger partial charge is 0.263 e. The fourth-order valence-electron chi connectivity index (χ4n) is 3.02. The van der Waals surface area contributed by atoms with Gasteiger partial charge in [0.25, 0.3) is 5.91 Å². The van der Waals surface area contributed by atoms with Crippen LogP contribution in [0.4, 0.5) is 0 Å². The maximum absolute atomic E-state index is 12.7. The quantitative estimate of drug-likeness (QED) is 0.812. The second-order valence-electron chi connectivity index (χ2n) is 5.99. The zero-order valence-electron chi connectivity index (χ0n) is 13.0. The molecule has 0 N–H and O–H groups in total. The first-order valence-corrected chi connectivity index (χ1v) is 8.11. The summed E-state index contributed by atoms with van der Waals surface area (Å²) in [6.45, 7) is 5.97. The number of ether oxygens (including phenoxy) is 1. The number of hydrogen-bond acceptors (Lipinski definition) is 2. The average molecular weight is 310 g/mol. The molecule has 0 heterocycles. The van der Waals surface area contributed by atoms with Gasteiger partial charge in [-0.25, -0.2) is 0 Å². The van der Waals surface area contributed by atoms with E-state index in [1.54, 1.807) is 24.3 Å². The number of benzene rings is 1. The molecule has 0 radical (unpaired) electrons. The van der Waals surface area contributed by atoms with Gasteiger partial charge < -0.3 is 9.64 Å². The zero-order chi connectivity index (χ0) is 15.4. The lowest BCUT2D eigenvalue weighted by atomic mass is 10.1. The van der Waals surface area contributed by atoms with Gasteiger partial charge in [-0.05, 0) is 57.9 Å². The molecule has 1 fully saturated rings. The normalized spacial score (nSPS) is 17.0. The Morgan fingerprint density at radius 3 is 2.29 bits per heavy atom. The highest BCUT2D eigenvalue weighted by Gasteiger charge is 2.32. The van der Waals surface area contributed by atoms with Crippen LogP contribution in [0.15, 0.2) is 24.3 Å². The molecule has 0 aliphatic heterocycles. The van der Waals surface area contributed by atoms with Crippen molar-refractivity contribution < 1.29 is 9.53 Å². The lowest BCUT2D eigenvalue weighted by Gasteiger charge is -2.34. The molecule has 1 saturated carbocycles. The van der Waals surface area contributed by atoms with Gasteiger partial charge in [-0.1, -0.05) is 24.4 Å². The van der Waals surface area contributed by atoms with Crippen LogP contribution in [0.25, 0.3) is 0 Å². The van der Waals surface area contributed by atoms with E-state index >= 15 is 0 Å². The lowest BCUT2D eigenvalue weighted by molar-refractivity contribution is -0.142. The predicted octanol–water partition coefficient (Wildman–Crippen LogP) is 4.29. The number of halogens is 1. The number of nitrogens with zero attached hydrogens (tertiary/aromatic N) is 1. The van der Waals surface area contributed by atoms with Crippen molar-refractivity contribution in [1.29, 1.82) is 0 Å². The molecule has 3 nitrogen and oxygen atoms in total. The molecule has 1 aliphatic carbocycles. The van der Waals surface area contributed by atoms with E-state index in [0.29, 0.717) is 16.8 Å². The van der Waals surface area contributed by atoms with E-state index < -0.39 is 6.10 Å². The third-order valence-corrected chi connectivity index (χ3v) is 4.26. The minimum Gasteiger partial charge on any atom is -0.481 e. The summed E-state index contributed by atoms with van der Waals surface area (Å²) in [5, 5.41) is 0.663. The summed E-state index contributed by atoms with van der Waals surface area (Å²) in [5.74, 6) is 0.752. The van der Waals surface area contributed by atoms with Crippen molar-refractivity contribution in [3.63, 3.8) is 0 Å². The Morgan fingerprint density at radius 1 is 1.19 bits per heavy atom. The number of carbonyl (C=O) groups excluding carboxylic acids is 1. The van der Waals surface area contributed by atoms with E-state index in [-0.39, 0.29) is 11.9 Å². The minimum atomic E-state index is -0.478. The Bertz CT molecular complexity index is 466. The second-order valence-corrected chi connectivity index (χ2v) is 6.43. The Hall–Kier alpha value is -1.22. The molecule has 4 heteroatoms. The standard InChI is InChI=1S/C17H24ClNO2/c1-12(2)19(15-6-4-5-7-15)17(20)13(3)21-16-10-8-14(18)9-11-16/h8-13,15H,4-7H2,1-3H3. The van der Waals surface area contributed by atoms with Crippen molar-refractivity contribution in [2.45, 2.75) is 64.6 Å². The number of rotatable bonds is 5. The zero-order valence-corrected chi connectivity index (χ0v) is 13.8. The highest BCUT2D eigenvalue weighted by Crippen LogP contribution is 2.26. The van der Waals surface area contributed by atoms with Crippen LogP contribution in [-0.2, 0) is 4.79 Å². The summed E-state index contributed by atoms with van der Waals surface area (Å²) in [5.41, 5.74) is 0. The third-order valence-electron chi connectivity index (χ3n) is 4.00. The van der Waals surface area contributed by atoms with Gasteiger partial charge in [0.15, 0.2) is 6.10 Å². The van der Waals surface area contributed by atoms with E-state index in [9.17, 15) is 4.79 Å². The minimum absolute atomic E-state index is 0.0758. The number of hydrogen-bond donors (Lipinski definition) is 0. The average Bonchev–Trinajstić information content (AvgIpc) is 2.94.